The van der Waals surface area contributed by atoms with Crippen LogP contribution in [0.1, 0.15) is 2.85 Å². The third-order valence-electron chi connectivity index (χ3n) is 0. The average molecular weight is 265 g/mol. The van der Waals surface area contributed by atoms with Crippen LogP contribution in [-0.4, -0.2) is 87.2 Å². The van der Waals surface area contributed by atoms with Crippen molar-refractivity contribution in [3.8, 4) is 0 Å². The largest absolute Gasteiger partial charge is 2.00 e. The van der Waals surface area contributed by atoms with Gasteiger partial charge >= 0.3 is 48.9 Å². The Labute approximate surface area is 89.3 Å². The molecule has 60 valence electrons. The van der Waals surface area contributed by atoms with Gasteiger partial charge in [0.15, 0.2) is 0 Å². The number of rotatable bonds is 0. The Bertz CT molecular complexity index is 11.6. The second kappa shape index (κ2) is 264. The fourth-order valence-electron chi connectivity index (χ4n) is 0. The first-order valence-electron chi connectivity index (χ1n) is 0. The van der Waals surface area contributed by atoms with Crippen molar-refractivity contribution in [2.45, 2.75) is 0 Å². The van der Waals surface area contributed by atoms with Gasteiger partial charge in [-0.05, 0) is 0 Å². The Hall–Kier alpha value is 1.29. The van der Waals surface area contributed by atoms with Crippen LogP contribution in [0.3, 0.4) is 0 Å². The fourth-order valence-corrected chi connectivity index (χ4v) is 0. The maximum Gasteiger partial charge on any atom is 2.00 e. The minimum Gasteiger partial charge on any atom is -1.00 e. The summed E-state index contributed by atoms with van der Waals surface area (Å²) in [6, 6.07) is 0. The van der Waals surface area contributed by atoms with E-state index < -0.39 is 0 Å². The standard InChI is InChI=1S/Ba.7H2O.2H/h;7*1H2;;/q+2;;;;;;;;2*-1. The second-order valence-electron chi connectivity index (χ2n) is 0. The summed E-state index contributed by atoms with van der Waals surface area (Å²) in [6.45, 7) is 0. The van der Waals surface area contributed by atoms with Gasteiger partial charge in [-0.1, -0.05) is 0 Å². The molecule has 0 aromatic rings. The van der Waals surface area contributed by atoms with Crippen LogP contribution in [0.2, 0.25) is 0 Å². The molecule has 0 saturated heterocycles. The van der Waals surface area contributed by atoms with Crippen molar-refractivity contribution in [1.82, 2.24) is 0 Å². The summed E-state index contributed by atoms with van der Waals surface area (Å²) in [4.78, 5) is 0. The molecule has 0 aromatic heterocycles. The zero-order valence-electron chi connectivity index (χ0n) is 6.21. The minimum atomic E-state index is 0. The van der Waals surface area contributed by atoms with Crippen molar-refractivity contribution in [3.63, 3.8) is 0 Å². The van der Waals surface area contributed by atoms with Gasteiger partial charge in [0.2, 0.25) is 0 Å². The molecule has 7 nitrogen and oxygen atoms in total. The van der Waals surface area contributed by atoms with Gasteiger partial charge in [-0.25, -0.2) is 0 Å². The monoisotopic (exact) mass is 266 g/mol. The Morgan fingerprint density at radius 2 is 0.375 bits per heavy atom. The molecule has 0 bridgehead atoms. The first-order chi connectivity index (χ1) is 0. The molecule has 0 radical (unpaired) electrons. The van der Waals surface area contributed by atoms with Crippen molar-refractivity contribution >= 4 is 48.9 Å². The van der Waals surface area contributed by atoms with Crippen LogP contribution in [0.5, 0.6) is 0 Å². The summed E-state index contributed by atoms with van der Waals surface area (Å²) in [5.74, 6) is 0. The van der Waals surface area contributed by atoms with Gasteiger partial charge in [0.05, 0.1) is 0 Å². The van der Waals surface area contributed by atoms with Gasteiger partial charge in [0.1, 0.15) is 0 Å². The summed E-state index contributed by atoms with van der Waals surface area (Å²) < 4.78 is 0. The summed E-state index contributed by atoms with van der Waals surface area (Å²) in [7, 11) is 0. The molecule has 0 aromatic carbocycles. The molecular weight excluding hydrogens is 249 g/mol. The van der Waals surface area contributed by atoms with E-state index in [4.69, 9.17) is 0 Å². The predicted octanol–water partition coefficient (Wildman–Crippen LogP) is -5.93. The van der Waals surface area contributed by atoms with Crippen molar-refractivity contribution in [1.29, 1.82) is 0 Å². The Balaban J connectivity index is 0. The SMILES string of the molecule is O.O.O.O.O.O.O.[Ba+2].[H-].[H-]. The van der Waals surface area contributed by atoms with Crippen molar-refractivity contribution in [2.24, 2.45) is 0 Å². The van der Waals surface area contributed by atoms with Gasteiger partial charge in [0.25, 0.3) is 0 Å². The molecule has 0 saturated carbocycles. The van der Waals surface area contributed by atoms with Crippen molar-refractivity contribution in [3.05, 3.63) is 0 Å². The minimum absolute atomic E-state index is 0. The molecule has 0 aliphatic rings. The molecule has 0 heterocycles. The quantitative estimate of drug-likeness (QED) is 0.373. The van der Waals surface area contributed by atoms with Crippen molar-refractivity contribution in [2.75, 3.05) is 0 Å². The summed E-state index contributed by atoms with van der Waals surface area (Å²) in [5.41, 5.74) is 0. The normalized spacial score (nSPS) is 0. The van der Waals surface area contributed by atoms with Gasteiger partial charge in [-0.2, -0.15) is 0 Å². The molecule has 8 heavy (non-hydrogen) atoms. The second-order valence-corrected chi connectivity index (χ2v) is 0. The van der Waals surface area contributed by atoms with Gasteiger partial charge < -0.3 is 41.2 Å². The van der Waals surface area contributed by atoms with E-state index in [2.05, 4.69) is 0 Å². The molecule has 0 rings (SSSR count). The summed E-state index contributed by atoms with van der Waals surface area (Å²) >= 11 is 0. The van der Waals surface area contributed by atoms with Crippen LogP contribution in [0.4, 0.5) is 0 Å². The van der Waals surface area contributed by atoms with Gasteiger partial charge in [-0.15, -0.1) is 0 Å². The summed E-state index contributed by atoms with van der Waals surface area (Å²) in [5, 5.41) is 0. The van der Waals surface area contributed by atoms with Crippen LogP contribution in [0.25, 0.3) is 0 Å². The van der Waals surface area contributed by atoms with E-state index in [1.54, 1.807) is 0 Å². The molecule has 0 aliphatic carbocycles. The van der Waals surface area contributed by atoms with Crippen LogP contribution in [0, 0.1) is 0 Å². The molecule has 0 amide bonds. The molecule has 0 aliphatic heterocycles. The van der Waals surface area contributed by atoms with Crippen LogP contribution >= 0.6 is 0 Å². The first-order valence-corrected chi connectivity index (χ1v) is 0. The first kappa shape index (κ1) is 383. The molecule has 0 unspecified atom stereocenters. The van der Waals surface area contributed by atoms with E-state index in [1.165, 1.54) is 0 Å². The number of hydrogen-bond donors (Lipinski definition) is 0. The number of hydrogen-bond acceptors (Lipinski definition) is 0. The maximum absolute atomic E-state index is 0. The third-order valence-corrected chi connectivity index (χ3v) is 0. The van der Waals surface area contributed by atoms with E-state index in [9.17, 15) is 0 Å². The smallest absolute Gasteiger partial charge is 1.00 e. The zero-order chi connectivity index (χ0) is 0. The predicted molar refractivity (Wildman–Crippen MR) is 33.3 cm³/mol. The topological polar surface area (TPSA) is 220 Å². The molecule has 0 atom stereocenters. The molecule has 0 fully saturated rings. The van der Waals surface area contributed by atoms with E-state index in [0.717, 1.165) is 0 Å². The third kappa shape index (κ3) is 173. The molecule has 8 heteroatoms. The van der Waals surface area contributed by atoms with Gasteiger partial charge in [-0.3, -0.25) is 0 Å². The van der Waals surface area contributed by atoms with Gasteiger partial charge in [0, 0.05) is 0 Å². The molecule has 0 spiro atoms. The Kier molecular flexibility index (Phi) is 12700. The van der Waals surface area contributed by atoms with E-state index >= 15 is 0 Å². The average Bonchev–Trinajstić information content (AvgIpc) is 0. The molecule has 14 N–H and O–H groups in total. The molecular formula is H16BaO7. The van der Waals surface area contributed by atoms with Crippen LogP contribution in [0.15, 0.2) is 0 Å². The van der Waals surface area contributed by atoms with E-state index in [-0.39, 0.29) is 90.1 Å². The summed E-state index contributed by atoms with van der Waals surface area (Å²) in [6.07, 6.45) is 0. The Morgan fingerprint density at radius 3 is 0.375 bits per heavy atom. The fraction of sp³-hybridized carbons (Fsp3) is 0. The Morgan fingerprint density at radius 1 is 0.375 bits per heavy atom. The van der Waals surface area contributed by atoms with E-state index in [0.29, 0.717) is 0 Å². The maximum atomic E-state index is 0. The van der Waals surface area contributed by atoms with E-state index in [1.807, 2.05) is 0 Å². The van der Waals surface area contributed by atoms with Crippen molar-refractivity contribution < 1.29 is 41.2 Å². The zero-order valence-corrected chi connectivity index (χ0v) is 8.65. The van der Waals surface area contributed by atoms with Crippen LogP contribution < -0.4 is 0 Å². The van der Waals surface area contributed by atoms with Crippen LogP contribution in [-0.2, 0) is 0 Å².